The molecule has 0 saturated heterocycles. The minimum absolute atomic E-state index is 0.900. The van der Waals surface area contributed by atoms with Gasteiger partial charge in [-0.1, -0.05) is 44.6 Å². The van der Waals surface area contributed by atoms with Gasteiger partial charge in [0, 0.05) is 7.11 Å². The van der Waals surface area contributed by atoms with Crippen LogP contribution >= 0.6 is 0 Å². The van der Waals surface area contributed by atoms with Gasteiger partial charge >= 0.3 is 0 Å². The van der Waals surface area contributed by atoms with E-state index in [2.05, 4.69) is 43.4 Å². The van der Waals surface area contributed by atoms with E-state index < -0.39 is 8.07 Å². The molecule has 1 aromatic carbocycles. The van der Waals surface area contributed by atoms with E-state index in [1.165, 1.54) is 5.19 Å². The third-order valence-electron chi connectivity index (χ3n) is 2.06. The Bertz CT molecular complexity index is 231. The maximum atomic E-state index is 5.22. The number of rotatable bonds is 3. The number of ether oxygens (including phenoxy) is 1. The Morgan fingerprint density at radius 3 is 2.25 bits per heavy atom. The van der Waals surface area contributed by atoms with Crippen LogP contribution < -0.4 is 5.19 Å². The van der Waals surface area contributed by atoms with Crippen LogP contribution in [0.15, 0.2) is 30.3 Å². The lowest BCUT2D eigenvalue weighted by Gasteiger charge is -2.33. The lowest BCUT2D eigenvalue weighted by Crippen LogP contribution is -2.45. The Balaban J connectivity index is 2.82. The van der Waals surface area contributed by atoms with Crippen LogP contribution in [0, 0.1) is 0 Å². The summed E-state index contributed by atoms with van der Waals surface area (Å²) in [7, 11) is 0.474. The molecule has 0 aliphatic rings. The van der Waals surface area contributed by atoms with Gasteiger partial charge in [0.15, 0.2) is 0 Å². The van der Waals surface area contributed by atoms with E-state index in [1.807, 2.05) is 0 Å². The number of hydrogen-bond donors (Lipinski definition) is 0. The molecule has 2 heteroatoms. The summed E-state index contributed by atoms with van der Waals surface area (Å²) < 4.78 is 5.22. The maximum Gasteiger partial charge on any atom is 0.0315 e. The first-order valence-corrected chi connectivity index (χ1v) is 7.42. The zero-order valence-electron chi connectivity index (χ0n) is 8.00. The van der Waals surface area contributed by atoms with E-state index in [4.69, 9.17) is 4.74 Å². The first-order chi connectivity index (χ1) is 5.67. The normalized spacial score (nSPS) is 11.6. The van der Waals surface area contributed by atoms with Crippen LogP contribution in [0.3, 0.4) is 0 Å². The first-order valence-electron chi connectivity index (χ1n) is 4.21. The molecule has 0 amide bonds. The average molecular weight is 180 g/mol. The third-order valence-corrected chi connectivity index (χ3v) is 4.97. The van der Waals surface area contributed by atoms with Crippen molar-refractivity contribution in [3.05, 3.63) is 30.3 Å². The van der Waals surface area contributed by atoms with Crippen molar-refractivity contribution in [1.82, 2.24) is 0 Å². The van der Waals surface area contributed by atoms with Crippen molar-refractivity contribution < 1.29 is 4.74 Å². The summed E-state index contributed by atoms with van der Waals surface area (Å²) in [5, 5.41) is 1.46. The van der Waals surface area contributed by atoms with Gasteiger partial charge in [-0.05, 0) is 0 Å². The zero-order valence-corrected chi connectivity index (χ0v) is 9.00. The van der Waals surface area contributed by atoms with Gasteiger partial charge in [0.1, 0.15) is 0 Å². The zero-order chi connectivity index (χ0) is 9.03. The van der Waals surface area contributed by atoms with E-state index in [0.29, 0.717) is 0 Å². The highest BCUT2D eigenvalue weighted by atomic mass is 28.3. The first kappa shape index (κ1) is 9.48. The van der Waals surface area contributed by atoms with Crippen LogP contribution in [0.4, 0.5) is 0 Å². The second kappa shape index (κ2) is 3.87. The summed E-state index contributed by atoms with van der Waals surface area (Å²) in [4.78, 5) is 0. The summed E-state index contributed by atoms with van der Waals surface area (Å²) in [5.74, 6) is 0. The maximum absolute atomic E-state index is 5.22. The molecule has 67 valence electrons. The summed E-state index contributed by atoms with van der Waals surface area (Å²) >= 11 is 0. The highest BCUT2D eigenvalue weighted by molar-refractivity contribution is 6.89. The van der Waals surface area contributed by atoms with Gasteiger partial charge in [-0.25, -0.2) is 0 Å². The second-order valence-electron chi connectivity index (χ2n) is 3.68. The largest absolute Gasteiger partial charge is 0.417 e. The van der Waals surface area contributed by atoms with Gasteiger partial charge in [0.05, 0.1) is 0 Å². The second-order valence-corrected chi connectivity index (χ2v) is 8.32. The molecule has 0 unspecified atom stereocenters. The Hall–Kier alpha value is -0.603. The lowest BCUT2D eigenvalue weighted by molar-refractivity contribution is 0.247. The molecule has 1 aromatic rings. The molecule has 0 heterocycles. The Labute approximate surface area is 75.4 Å². The third kappa shape index (κ3) is 2.19. The van der Waals surface area contributed by atoms with E-state index in [9.17, 15) is 0 Å². The molecule has 12 heavy (non-hydrogen) atoms. The van der Waals surface area contributed by atoms with Crippen LogP contribution in [0.2, 0.25) is 13.1 Å². The van der Waals surface area contributed by atoms with Crippen LogP contribution in [0.5, 0.6) is 0 Å². The summed E-state index contributed by atoms with van der Waals surface area (Å²) in [6.07, 6.45) is 0.900. The molecule has 0 fully saturated rings. The summed E-state index contributed by atoms with van der Waals surface area (Å²) in [6, 6.07) is 10.6. The number of hydrogen-bond acceptors (Lipinski definition) is 1. The molecule has 0 aromatic heterocycles. The smallest absolute Gasteiger partial charge is 0.0315 e. The molecular formula is C10H16OSi-. The Morgan fingerprint density at radius 1 is 1.17 bits per heavy atom. The number of benzene rings is 1. The fraction of sp³-hybridized carbons (Fsp3) is 0.400. The van der Waals surface area contributed by atoms with Crippen molar-refractivity contribution in [3.8, 4) is 0 Å². The standard InChI is InChI=1S/C10H16OSi/c1-11-9-12(2,3)10-7-5-4-6-8-10/h4-8H,9H2,1-3H3/q-1. The van der Waals surface area contributed by atoms with Gasteiger partial charge < -0.3 is 4.74 Å². The van der Waals surface area contributed by atoms with Gasteiger partial charge in [-0.3, -0.25) is 0 Å². The Morgan fingerprint density at radius 2 is 1.75 bits per heavy atom. The molecule has 0 aliphatic carbocycles. The van der Waals surface area contributed by atoms with Crippen LogP contribution in [0.1, 0.15) is 0 Å². The van der Waals surface area contributed by atoms with Gasteiger partial charge in [-0.15, -0.1) is 0 Å². The molecule has 0 aliphatic heterocycles. The topological polar surface area (TPSA) is 9.23 Å². The van der Waals surface area contributed by atoms with Gasteiger partial charge in [0.25, 0.3) is 0 Å². The van der Waals surface area contributed by atoms with Crippen molar-refractivity contribution in [2.24, 2.45) is 0 Å². The highest BCUT2D eigenvalue weighted by Crippen LogP contribution is 2.02. The molecule has 0 saturated carbocycles. The fourth-order valence-corrected chi connectivity index (χ4v) is 3.32. The van der Waals surface area contributed by atoms with Crippen LogP contribution in [-0.4, -0.2) is 21.4 Å². The molecule has 1 nitrogen and oxygen atoms in total. The minimum atomic E-state index is -1.30. The summed E-state index contributed by atoms with van der Waals surface area (Å²) in [5.41, 5.74) is 0. The summed E-state index contributed by atoms with van der Waals surface area (Å²) in [6.45, 7) is 4.65. The molecule has 0 atom stereocenters. The van der Waals surface area contributed by atoms with Gasteiger partial charge in [-0.2, -0.15) is 18.3 Å². The van der Waals surface area contributed by atoms with Crippen molar-refractivity contribution in [2.45, 2.75) is 13.1 Å². The highest BCUT2D eigenvalue weighted by Gasteiger charge is 2.09. The predicted molar refractivity (Wildman–Crippen MR) is 55.4 cm³/mol. The average Bonchev–Trinajstić information content (AvgIpc) is 2.06. The van der Waals surface area contributed by atoms with Crippen molar-refractivity contribution >= 4 is 13.3 Å². The van der Waals surface area contributed by atoms with Crippen LogP contribution in [0.25, 0.3) is 0 Å². The van der Waals surface area contributed by atoms with Crippen LogP contribution in [-0.2, 0) is 4.74 Å². The fourth-order valence-electron chi connectivity index (χ4n) is 1.33. The monoisotopic (exact) mass is 180 g/mol. The molecule has 0 N–H and O–H groups in total. The van der Waals surface area contributed by atoms with Crippen molar-refractivity contribution in [3.63, 3.8) is 0 Å². The molecule has 0 radical (unpaired) electrons. The minimum Gasteiger partial charge on any atom is -0.417 e. The SMILES string of the molecule is COC[Si-](C)(C)c1ccccc1. The van der Waals surface area contributed by atoms with E-state index in [0.717, 1.165) is 6.23 Å². The van der Waals surface area contributed by atoms with Crippen molar-refractivity contribution in [1.29, 1.82) is 0 Å². The van der Waals surface area contributed by atoms with E-state index in [1.54, 1.807) is 7.11 Å². The molecule has 0 spiro atoms. The Kier molecular flexibility index (Phi) is 3.06. The molecule has 0 bridgehead atoms. The van der Waals surface area contributed by atoms with Gasteiger partial charge in [0.2, 0.25) is 0 Å². The lowest BCUT2D eigenvalue weighted by atomic mass is 10.4. The van der Waals surface area contributed by atoms with E-state index >= 15 is 0 Å². The quantitative estimate of drug-likeness (QED) is 0.644. The molecular weight excluding hydrogens is 164 g/mol. The van der Waals surface area contributed by atoms with Crippen molar-refractivity contribution in [2.75, 3.05) is 13.3 Å². The predicted octanol–water partition coefficient (Wildman–Crippen LogP) is 1.79. The molecule has 1 rings (SSSR count). The number of methoxy groups -OCH3 is 1. The van der Waals surface area contributed by atoms with E-state index in [-0.39, 0.29) is 0 Å².